The molecule has 3 amide bonds. The Morgan fingerprint density at radius 1 is 0.968 bits per heavy atom. The summed E-state index contributed by atoms with van der Waals surface area (Å²) >= 11 is 12.0. The number of carbonyl (C=O) groups excluding carboxylic acids is 3. The minimum atomic E-state index is -0.621. The van der Waals surface area contributed by atoms with Crippen LogP contribution in [0.3, 0.4) is 0 Å². The van der Waals surface area contributed by atoms with E-state index < -0.39 is 18.5 Å². The minimum Gasteiger partial charge on any atom is -0.452 e. The van der Waals surface area contributed by atoms with Gasteiger partial charge < -0.3 is 20.7 Å². The Bertz CT molecular complexity index is 933. The quantitative estimate of drug-likeness (QED) is 0.508. The fraction of sp³-hybridized carbons (Fsp3) is 0.318. The van der Waals surface area contributed by atoms with Crippen LogP contribution in [0.5, 0.6) is 0 Å². The van der Waals surface area contributed by atoms with Gasteiger partial charge in [0.15, 0.2) is 6.61 Å². The lowest BCUT2D eigenvalue weighted by atomic mass is 10.1. The van der Waals surface area contributed by atoms with Gasteiger partial charge in [0, 0.05) is 22.6 Å². The van der Waals surface area contributed by atoms with Crippen LogP contribution in [0.15, 0.2) is 42.5 Å². The highest BCUT2D eigenvalue weighted by atomic mass is 35.5. The van der Waals surface area contributed by atoms with Crippen molar-refractivity contribution in [1.29, 1.82) is 0 Å². The summed E-state index contributed by atoms with van der Waals surface area (Å²) in [5.41, 5.74) is 1.83. The first kappa shape index (κ1) is 24.5. The van der Waals surface area contributed by atoms with Crippen molar-refractivity contribution in [2.24, 2.45) is 0 Å². The zero-order valence-electron chi connectivity index (χ0n) is 17.5. The molecule has 0 aliphatic carbocycles. The molecule has 2 aromatic carbocycles. The molecular weight excluding hydrogens is 441 g/mol. The Morgan fingerprint density at radius 3 is 2.26 bits per heavy atom. The molecule has 3 N–H and O–H groups in total. The number of esters is 1. The van der Waals surface area contributed by atoms with Crippen molar-refractivity contribution >= 4 is 41.1 Å². The average Bonchev–Trinajstić information content (AvgIpc) is 2.70. The molecule has 0 aliphatic heterocycles. The molecule has 0 aromatic heterocycles. The molecule has 0 saturated carbocycles. The van der Waals surface area contributed by atoms with Crippen molar-refractivity contribution < 1.29 is 19.1 Å². The molecule has 166 valence electrons. The zero-order valence-corrected chi connectivity index (χ0v) is 19.0. The molecule has 31 heavy (non-hydrogen) atoms. The monoisotopic (exact) mass is 465 g/mol. The van der Waals surface area contributed by atoms with Crippen LogP contribution in [0.2, 0.25) is 10.0 Å². The first-order valence-electron chi connectivity index (χ1n) is 9.70. The molecule has 0 heterocycles. The molecule has 9 heteroatoms. The Hall–Kier alpha value is -2.77. The van der Waals surface area contributed by atoms with Gasteiger partial charge in [-0.1, -0.05) is 41.4 Å². The van der Waals surface area contributed by atoms with Gasteiger partial charge in [0.1, 0.15) is 0 Å². The van der Waals surface area contributed by atoms with Crippen LogP contribution in [0, 0.1) is 0 Å². The second-order valence-corrected chi connectivity index (χ2v) is 8.05. The van der Waals surface area contributed by atoms with E-state index in [1.165, 1.54) is 0 Å². The summed E-state index contributed by atoms with van der Waals surface area (Å²) in [7, 11) is 0. The number of nitrogens with one attached hydrogen (secondary N) is 3. The van der Waals surface area contributed by atoms with Crippen molar-refractivity contribution in [3.63, 3.8) is 0 Å². The molecule has 0 aliphatic rings. The van der Waals surface area contributed by atoms with E-state index >= 15 is 0 Å². The first-order valence-corrected chi connectivity index (χ1v) is 10.5. The lowest BCUT2D eigenvalue weighted by molar-refractivity contribution is -0.124. The summed E-state index contributed by atoms with van der Waals surface area (Å²) < 4.78 is 5.07. The van der Waals surface area contributed by atoms with Crippen molar-refractivity contribution in [1.82, 2.24) is 16.0 Å². The molecule has 7 nitrogen and oxygen atoms in total. The van der Waals surface area contributed by atoms with Crippen LogP contribution < -0.4 is 16.0 Å². The Labute approximate surface area is 191 Å². The minimum absolute atomic E-state index is 0.0421. The molecule has 1 atom stereocenters. The second kappa shape index (κ2) is 11.6. The van der Waals surface area contributed by atoms with Crippen molar-refractivity contribution in [2.75, 3.05) is 6.61 Å². The Morgan fingerprint density at radius 2 is 1.65 bits per heavy atom. The highest BCUT2D eigenvalue weighted by Crippen LogP contribution is 2.26. The van der Waals surface area contributed by atoms with Crippen molar-refractivity contribution in [2.45, 2.75) is 39.4 Å². The third kappa shape index (κ3) is 8.11. The molecule has 0 bridgehead atoms. The van der Waals surface area contributed by atoms with E-state index in [1.807, 2.05) is 13.8 Å². The number of hydrogen-bond acceptors (Lipinski definition) is 4. The van der Waals surface area contributed by atoms with Gasteiger partial charge in [0.05, 0.1) is 11.6 Å². The smallest absolute Gasteiger partial charge is 0.338 e. The van der Waals surface area contributed by atoms with Crippen molar-refractivity contribution in [3.8, 4) is 0 Å². The summed E-state index contributed by atoms with van der Waals surface area (Å²) in [6.45, 7) is 5.40. The molecule has 0 radical (unpaired) electrons. The van der Waals surface area contributed by atoms with Gasteiger partial charge in [0.2, 0.25) is 0 Å². The fourth-order valence-electron chi connectivity index (χ4n) is 2.68. The first-order chi connectivity index (χ1) is 14.7. The van der Waals surface area contributed by atoms with Gasteiger partial charge in [-0.3, -0.25) is 4.79 Å². The molecule has 1 unspecified atom stereocenters. The number of benzene rings is 2. The molecular formula is C22H25Cl2N3O4. The Balaban J connectivity index is 1.81. The third-order valence-electron chi connectivity index (χ3n) is 4.20. The SMILES string of the molecule is CC(C)NC(=O)NCc1ccc(C(=O)OCC(=O)NC(C)c2ccc(Cl)cc2Cl)cc1. The summed E-state index contributed by atoms with van der Waals surface area (Å²) in [5, 5.41) is 9.11. The number of amides is 3. The number of rotatable bonds is 8. The van der Waals surface area contributed by atoms with Crippen LogP contribution in [0.25, 0.3) is 0 Å². The van der Waals surface area contributed by atoms with Gasteiger partial charge >= 0.3 is 12.0 Å². The van der Waals surface area contributed by atoms with E-state index in [2.05, 4.69) is 16.0 Å². The topological polar surface area (TPSA) is 96.5 Å². The predicted octanol–water partition coefficient (Wildman–Crippen LogP) is 4.24. The summed E-state index contributed by atoms with van der Waals surface area (Å²) in [5.74, 6) is -1.08. The largest absolute Gasteiger partial charge is 0.452 e. The Kier molecular flexibility index (Phi) is 9.15. The lowest BCUT2D eigenvalue weighted by Gasteiger charge is -2.16. The standard InChI is InChI=1S/C22H25Cl2N3O4/c1-13(2)26-22(30)25-11-15-4-6-16(7-5-15)21(29)31-12-20(28)27-14(3)18-9-8-17(23)10-19(18)24/h4-10,13-14H,11-12H2,1-3H3,(H,27,28)(H2,25,26,30). The number of urea groups is 1. The van der Waals surface area contributed by atoms with Crippen LogP contribution in [-0.4, -0.2) is 30.6 Å². The van der Waals surface area contributed by atoms with Crippen LogP contribution in [0.1, 0.15) is 48.3 Å². The van der Waals surface area contributed by atoms with E-state index in [4.69, 9.17) is 27.9 Å². The van der Waals surface area contributed by atoms with Crippen LogP contribution >= 0.6 is 23.2 Å². The third-order valence-corrected chi connectivity index (χ3v) is 4.77. The highest BCUT2D eigenvalue weighted by Gasteiger charge is 2.15. The number of ether oxygens (including phenoxy) is 1. The van der Waals surface area contributed by atoms with E-state index in [-0.39, 0.29) is 18.1 Å². The number of carbonyl (C=O) groups is 3. The summed E-state index contributed by atoms with van der Waals surface area (Å²) in [4.78, 5) is 35.9. The number of hydrogen-bond donors (Lipinski definition) is 3. The van der Waals surface area contributed by atoms with E-state index in [1.54, 1.807) is 49.4 Å². The maximum absolute atomic E-state index is 12.2. The number of halogens is 2. The van der Waals surface area contributed by atoms with Crippen LogP contribution in [0.4, 0.5) is 4.79 Å². The van der Waals surface area contributed by atoms with E-state index in [0.29, 0.717) is 27.7 Å². The van der Waals surface area contributed by atoms with E-state index in [9.17, 15) is 14.4 Å². The van der Waals surface area contributed by atoms with Crippen LogP contribution in [-0.2, 0) is 16.1 Å². The van der Waals surface area contributed by atoms with Gasteiger partial charge in [-0.05, 0) is 56.2 Å². The summed E-state index contributed by atoms with van der Waals surface area (Å²) in [6, 6.07) is 11.0. The maximum Gasteiger partial charge on any atom is 0.338 e. The lowest BCUT2D eigenvalue weighted by Crippen LogP contribution is -2.39. The average molecular weight is 466 g/mol. The zero-order chi connectivity index (χ0) is 23.0. The van der Waals surface area contributed by atoms with Gasteiger partial charge in [-0.15, -0.1) is 0 Å². The summed E-state index contributed by atoms with van der Waals surface area (Å²) in [6.07, 6.45) is 0. The highest BCUT2D eigenvalue weighted by molar-refractivity contribution is 6.35. The molecule has 2 aromatic rings. The van der Waals surface area contributed by atoms with Gasteiger partial charge in [-0.25, -0.2) is 9.59 Å². The van der Waals surface area contributed by atoms with Gasteiger partial charge in [-0.2, -0.15) is 0 Å². The van der Waals surface area contributed by atoms with Crippen molar-refractivity contribution in [3.05, 3.63) is 69.2 Å². The molecule has 0 fully saturated rings. The normalized spacial score (nSPS) is 11.5. The molecule has 0 saturated heterocycles. The van der Waals surface area contributed by atoms with E-state index in [0.717, 1.165) is 5.56 Å². The maximum atomic E-state index is 12.2. The van der Waals surface area contributed by atoms with Gasteiger partial charge in [0.25, 0.3) is 5.91 Å². The molecule has 0 spiro atoms. The molecule has 2 rings (SSSR count). The predicted molar refractivity (Wildman–Crippen MR) is 120 cm³/mol. The fourth-order valence-corrected chi connectivity index (χ4v) is 3.25. The second-order valence-electron chi connectivity index (χ2n) is 7.21.